The fourth-order valence-corrected chi connectivity index (χ4v) is 10.9. The van der Waals surface area contributed by atoms with Crippen LogP contribution in [-0.4, -0.2) is 16.2 Å². The summed E-state index contributed by atoms with van der Waals surface area (Å²) in [5.74, 6) is 1.13. The number of nitrogens with zero attached hydrogens (tertiary/aromatic N) is 4. The molecular formula is C69H57FN4O2. The Morgan fingerprint density at radius 2 is 1.21 bits per heavy atom. The van der Waals surface area contributed by atoms with E-state index >= 15 is 0 Å². The van der Waals surface area contributed by atoms with Crippen LogP contribution < -0.4 is 14.5 Å². The molecule has 12 aromatic rings. The highest BCUT2D eigenvalue weighted by Crippen LogP contribution is 2.52. The third-order valence-electron chi connectivity index (χ3n) is 14.5. The molecule has 1 aliphatic heterocycles. The normalized spacial score (nSPS) is 13.6. The van der Waals surface area contributed by atoms with Crippen molar-refractivity contribution in [2.75, 3.05) is 16.5 Å². The Labute approximate surface area is 447 Å². The zero-order chi connectivity index (χ0) is 54.5. The van der Waals surface area contributed by atoms with Crippen molar-refractivity contribution in [2.24, 2.45) is 5.41 Å². The predicted molar refractivity (Wildman–Crippen MR) is 313 cm³/mol. The lowest BCUT2D eigenvalue weighted by atomic mass is 9.82. The number of fused-ring (bicyclic) bond motifs is 8. The van der Waals surface area contributed by atoms with Crippen LogP contribution in [0, 0.1) is 11.2 Å². The highest BCUT2D eigenvalue weighted by atomic mass is 19.1. The first-order valence-corrected chi connectivity index (χ1v) is 25.9. The SMILES string of the molecule is [2H]c1nc(-n2c3cc(Oc4cccc(N5CN(c6c(-c7ccccc7)cc(C(C)(C)C)cc6-c6ccccc6)c6ccccc65)c4)ccc3c3c4oc5ccccc5c4ccc32)cc(C([2H])([2H])C(C)(C)C)c1-c1ccc(F)cc1. The molecule has 0 saturated heterocycles. The topological polar surface area (TPSA) is 46.7 Å². The second-order valence-corrected chi connectivity index (χ2v) is 21.8. The summed E-state index contributed by atoms with van der Waals surface area (Å²) in [7, 11) is 0. The average Bonchev–Trinajstić information content (AvgIpc) is 4.34. The van der Waals surface area contributed by atoms with Crippen LogP contribution in [-0.2, 0) is 11.8 Å². The molecule has 13 rings (SSSR count). The number of rotatable bonds is 9. The maximum Gasteiger partial charge on any atom is 0.145 e. The van der Waals surface area contributed by atoms with Gasteiger partial charge in [0, 0.05) is 59.6 Å². The molecule has 4 heterocycles. The standard InChI is InChI=1S/C69H57FN4O2/c1-68(2,3)41-47-36-64(71-42-58(47)46-28-30-49(70)31-29-46)74-61-35-34-54-53-24-13-16-27-63(53)76-67(54)65(61)55-33-32-52(40-62(55)74)75-51-23-17-22-50(39-51)72-43-73(60-26-15-14-25-59(60)72)66-56(44-18-9-7-10-19-44)37-48(69(4,5)6)38-57(66)45-20-11-8-12-21-45/h7-40,42H,41,43H2,1-6H3/i41D2,42D. The average molecular weight is 996 g/mol. The molecular weight excluding hydrogens is 936 g/mol. The molecule has 0 unspecified atom stereocenters. The van der Waals surface area contributed by atoms with Crippen molar-refractivity contribution in [1.29, 1.82) is 0 Å². The van der Waals surface area contributed by atoms with Gasteiger partial charge in [-0.25, -0.2) is 9.37 Å². The molecule has 372 valence electrons. The second kappa shape index (κ2) is 18.2. The number of para-hydroxylation sites is 3. The van der Waals surface area contributed by atoms with Gasteiger partial charge in [-0.2, -0.15) is 0 Å². The van der Waals surface area contributed by atoms with Crippen molar-refractivity contribution >= 4 is 66.5 Å². The molecule has 1 aliphatic rings. The van der Waals surface area contributed by atoms with Crippen molar-refractivity contribution in [3.8, 4) is 50.7 Å². The zero-order valence-corrected chi connectivity index (χ0v) is 43.3. The molecule has 76 heavy (non-hydrogen) atoms. The summed E-state index contributed by atoms with van der Waals surface area (Å²) < 4.78 is 58.7. The fourth-order valence-electron chi connectivity index (χ4n) is 10.9. The first-order valence-electron chi connectivity index (χ1n) is 27.4. The summed E-state index contributed by atoms with van der Waals surface area (Å²) in [6.07, 6.45) is -2.08. The quantitative estimate of drug-likeness (QED) is 0.144. The van der Waals surface area contributed by atoms with E-state index in [0.717, 1.165) is 83.2 Å². The molecule has 0 radical (unpaired) electrons. The Morgan fingerprint density at radius 3 is 1.91 bits per heavy atom. The number of halogens is 1. The second-order valence-electron chi connectivity index (χ2n) is 21.8. The third kappa shape index (κ3) is 8.33. The minimum Gasteiger partial charge on any atom is -0.457 e. The summed E-state index contributed by atoms with van der Waals surface area (Å²) in [4.78, 5) is 9.75. The zero-order valence-electron chi connectivity index (χ0n) is 46.3. The number of anilines is 4. The van der Waals surface area contributed by atoms with Crippen molar-refractivity contribution in [1.82, 2.24) is 9.55 Å². The van der Waals surface area contributed by atoms with Crippen molar-refractivity contribution < 1.29 is 17.7 Å². The molecule has 0 spiro atoms. The molecule has 6 nitrogen and oxygen atoms in total. The van der Waals surface area contributed by atoms with Crippen molar-refractivity contribution in [3.63, 3.8) is 0 Å². The van der Waals surface area contributed by atoms with E-state index in [2.05, 4.69) is 152 Å². The molecule has 7 heteroatoms. The summed E-state index contributed by atoms with van der Waals surface area (Å²) in [5.41, 5.74) is 13.2. The molecule has 0 N–H and O–H groups in total. The number of benzene rings is 9. The number of aromatic nitrogens is 2. The monoisotopic (exact) mass is 995 g/mol. The highest BCUT2D eigenvalue weighted by Gasteiger charge is 2.33. The van der Waals surface area contributed by atoms with Crippen LogP contribution in [0.15, 0.2) is 217 Å². The van der Waals surface area contributed by atoms with E-state index in [1.165, 1.54) is 17.7 Å². The Morgan fingerprint density at radius 1 is 0.579 bits per heavy atom. The molecule has 0 saturated carbocycles. The molecule has 9 aromatic carbocycles. The van der Waals surface area contributed by atoms with Gasteiger partial charge in [0.15, 0.2) is 0 Å². The van der Waals surface area contributed by atoms with Crippen LogP contribution in [0.5, 0.6) is 11.5 Å². The Bertz CT molecular complexity index is 4290. The maximum atomic E-state index is 14.3. The van der Waals surface area contributed by atoms with Crippen LogP contribution in [0.1, 0.15) is 56.8 Å². The highest BCUT2D eigenvalue weighted by molar-refractivity contribution is 6.24. The van der Waals surface area contributed by atoms with Gasteiger partial charge in [-0.05, 0) is 130 Å². The molecule has 0 amide bonds. The van der Waals surface area contributed by atoms with E-state index < -0.39 is 17.6 Å². The Hall–Kier alpha value is -8.94. The van der Waals surface area contributed by atoms with Gasteiger partial charge in [0.05, 0.1) is 34.9 Å². The van der Waals surface area contributed by atoms with E-state index in [9.17, 15) is 8.50 Å². The van der Waals surface area contributed by atoms with Crippen LogP contribution in [0.4, 0.5) is 27.1 Å². The van der Waals surface area contributed by atoms with Crippen LogP contribution in [0.3, 0.4) is 0 Å². The van der Waals surface area contributed by atoms with Gasteiger partial charge in [-0.15, -0.1) is 0 Å². The van der Waals surface area contributed by atoms with E-state index in [0.29, 0.717) is 40.7 Å². The summed E-state index contributed by atoms with van der Waals surface area (Å²) >= 11 is 0. The van der Waals surface area contributed by atoms with Gasteiger partial charge < -0.3 is 19.0 Å². The Kier molecular flexibility index (Phi) is 10.4. The molecule has 0 aliphatic carbocycles. The smallest absolute Gasteiger partial charge is 0.145 e. The van der Waals surface area contributed by atoms with Crippen molar-refractivity contribution in [3.05, 3.63) is 229 Å². The van der Waals surface area contributed by atoms with Crippen LogP contribution in [0.25, 0.3) is 82.9 Å². The lowest BCUT2D eigenvalue weighted by Gasteiger charge is -2.30. The number of ether oxygens (including phenoxy) is 1. The fraction of sp³-hybridized carbons (Fsp3) is 0.145. The molecule has 0 fully saturated rings. The van der Waals surface area contributed by atoms with Crippen LogP contribution in [0.2, 0.25) is 0 Å². The minimum atomic E-state index is -1.95. The molecule has 3 aromatic heterocycles. The maximum absolute atomic E-state index is 14.3. The molecule has 0 atom stereocenters. The van der Waals surface area contributed by atoms with Gasteiger partial charge in [0.2, 0.25) is 0 Å². The lowest BCUT2D eigenvalue weighted by molar-refractivity contribution is 0.411. The minimum absolute atomic E-state index is 0.101. The first-order chi connectivity index (χ1) is 38.0. The Balaban J connectivity index is 0.943. The van der Waals surface area contributed by atoms with E-state index in [1.807, 2.05) is 79.9 Å². The van der Waals surface area contributed by atoms with Gasteiger partial charge in [-0.1, -0.05) is 151 Å². The number of furan rings is 1. The molecule has 0 bridgehead atoms. The van der Waals surface area contributed by atoms with Crippen LogP contribution >= 0.6 is 0 Å². The number of hydrogen-bond acceptors (Lipinski definition) is 5. The van der Waals surface area contributed by atoms with Crippen molar-refractivity contribution in [2.45, 2.75) is 53.3 Å². The largest absolute Gasteiger partial charge is 0.457 e. The lowest BCUT2D eigenvalue weighted by Crippen LogP contribution is -2.25. The summed E-state index contributed by atoms with van der Waals surface area (Å²) in [6.45, 7) is 12.9. The van der Waals surface area contributed by atoms with Gasteiger partial charge in [0.25, 0.3) is 0 Å². The van der Waals surface area contributed by atoms with E-state index in [4.69, 9.17) is 14.1 Å². The van der Waals surface area contributed by atoms with E-state index in [-0.39, 0.29) is 17.2 Å². The van der Waals surface area contributed by atoms with Gasteiger partial charge in [0.1, 0.15) is 41.0 Å². The predicted octanol–water partition coefficient (Wildman–Crippen LogP) is 19.1. The first kappa shape index (κ1) is 43.5. The summed E-state index contributed by atoms with van der Waals surface area (Å²) in [6, 6.07) is 68.6. The number of pyridine rings is 1. The van der Waals surface area contributed by atoms with Gasteiger partial charge >= 0.3 is 0 Å². The van der Waals surface area contributed by atoms with E-state index in [1.54, 1.807) is 18.2 Å². The van der Waals surface area contributed by atoms with Gasteiger partial charge in [-0.3, -0.25) is 4.57 Å². The number of hydrogen-bond donors (Lipinski definition) is 0. The summed E-state index contributed by atoms with van der Waals surface area (Å²) in [5, 5.41) is 3.67. The third-order valence-corrected chi connectivity index (χ3v) is 14.5.